The molecule has 0 unspecified atom stereocenters. The van der Waals surface area contributed by atoms with Gasteiger partial charge in [0.05, 0.1) is 12.2 Å². The van der Waals surface area contributed by atoms with E-state index in [9.17, 15) is 0 Å². The molecule has 0 aliphatic heterocycles. The highest BCUT2D eigenvalue weighted by Crippen LogP contribution is 2.20. The third-order valence-electron chi connectivity index (χ3n) is 3.39. The fraction of sp³-hybridized carbons (Fsp3) is 0.250. The summed E-state index contributed by atoms with van der Waals surface area (Å²) in [4.78, 5) is 4.44. The second kappa shape index (κ2) is 5.44. The number of nitrogens with zero attached hydrogens (tertiary/aromatic N) is 4. The van der Waals surface area contributed by atoms with Crippen LogP contribution in [0.5, 0.6) is 0 Å². The maximum absolute atomic E-state index is 5.85. The van der Waals surface area contributed by atoms with Gasteiger partial charge in [-0.3, -0.25) is 4.68 Å². The van der Waals surface area contributed by atoms with Gasteiger partial charge in [0.1, 0.15) is 5.82 Å². The molecule has 0 saturated carbocycles. The van der Waals surface area contributed by atoms with Gasteiger partial charge in [0.15, 0.2) is 0 Å². The Hall–Kier alpha value is -2.56. The lowest BCUT2D eigenvalue weighted by molar-refractivity contribution is 0.524. The van der Waals surface area contributed by atoms with E-state index in [-0.39, 0.29) is 0 Å². The zero-order valence-electron chi connectivity index (χ0n) is 12.3. The van der Waals surface area contributed by atoms with E-state index in [4.69, 9.17) is 5.73 Å². The molecule has 0 aliphatic carbocycles. The van der Waals surface area contributed by atoms with Crippen LogP contribution in [-0.2, 0) is 6.54 Å². The van der Waals surface area contributed by atoms with E-state index < -0.39 is 0 Å². The number of hydrogen-bond acceptors (Lipinski definition) is 3. The summed E-state index contributed by atoms with van der Waals surface area (Å²) in [6.07, 6.45) is 5.78. The molecule has 0 saturated heterocycles. The average Bonchev–Trinajstić information content (AvgIpc) is 3.08. The molecule has 0 bridgehead atoms. The van der Waals surface area contributed by atoms with Gasteiger partial charge in [-0.2, -0.15) is 5.10 Å². The monoisotopic (exact) mass is 281 g/mol. The predicted octanol–water partition coefficient (Wildman–Crippen LogP) is 2.96. The van der Waals surface area contributed by atoms with Gasteiger partial charge in [0.2, 0.25) is 0 Å². The molecule has 2 aromatic heterocycles. The first-order valence-electron chi connectivity index (χ1n) is 7.04. The van der Waals surface area contributed by atoms with Gasteiger partial charge in [-0.1, -0.05) is 12.1 Å². The molecule has 5 nitrogen and oxygen atoms in total. The summed E-state index contributed by atoms with van der Waals surface area (Å²) in [6.45, 7) is 4.93. The van der Waals surface area contributed by atoms with Crippen molar-refractivity contribution in [2.24, 2.45) is 0 Å². The van der Waals surface area contributed by atoms with Crippen LogP contribution in [0.4, 0.5) is 5.69 Å². The molecule has 2 N–H and O–H groups in total. The third-order valence-corrected chi connectivity index (χ3v) is 3.39. The maximum Gasteiger partial charge on any atom is 0.140 e. The number of nitrogen functional groups attached to an aromatic ring is 1. The van der Waals surface area contributed by atoms with Gasteiger partial charge < -0.3 is 10.3 Å². The minimum Gasteiger partial charge on any atom is -0.399 e. The van der Waals surface area contributed by atoms with Gasteiger partial charge >= 0.3 is 0 Å². The third kappa shape index (κ3) is 2.81. The molecule has 21 heavy (non-hydrogen) atoms. The zero-order valence-corrected chi connectivity index (χ0v) is 12.3. The lowest BCUT2D eigenvalue weighted by Gasteiger charge is -2.07. The van der Waals surface area contributed by atoms with Crippen molar-refractivity contribution in [3.8, 4) is 11.4 Å². The van der Waals surface area contributed by atoms with Gasteiger partial charge in [-0.05, 0) is 32.0 Å². The van der Waals surface area contributed by atoms with E-state index in [1.54, 1.807) is 6.20 Å². The van der Waals surface area contributed by atoms with E-state index in [1.807, 2.05) is 47.4 Å². The van der Waals surface area contributed by atoms with Crippen molar-refractivity contribution >= 4 is 5.69 Å². The van der Waals surface area contributed by atoms with E-state index in [2.05, 4.69) is 28.5 Å². The summed E-state index contributed by atoms with van der Waals surface area (Å²) in [7, 11) is 0. The van der Waals surface area contributed by atoms with Gasteiger partial charge in [0.25, 0.3) is 0 Å². The number of benzene rings is 1. The lowest BCUT2D eigenvalue weighted by Crippen LogP contribution is -2.05. The molecule has 0 spiro atoms. The van der Waals surface area contributed by atoms with E-state index in [0.717, 1.165) is 22.8 Å². The normalized spacial score (nSPS) is 11.2. The smallest absolute Gasteiger partial charge is 0.140 e. The van der Waals surface area contributed by atoms with Crippen LogP contribution >= 0.6 is 0 Å². The SMILES string of the molecule is CC(C)n1ccc(Cn2ccnc2-c2cccc(N)c2)n1. The number of hydrogen-bond donors (Lipinski definition) is 1. The van der Waals surface area contributed by atoms with E-state index in [1.165, 1.54) is 0 Å². The molecular weight excluding hydrogens is 262 g/mol. The standard InChI is InChI=1S/C16H19N5/c1-12(2)21-8-6-15(19-21)11-20-9-7-18-16(20)13-4-3-5-14(17)10-13/h3-10,12H,11,17H2,1-2H3. The maximum atomic E-state index is 5.85. The molecule has 0 amide bonds. The van der Waals surface area contributed by atoms with E-state index >= 15 is 0 Å². The molecular formula is C16H19N5. The van der Waals surface area contributed by atoms with Crippen molar-refractivity contribution in [2.45, 2.75) is 26.4 Å². The number of imidazole rings is 1. The highest BCUT2D eigenvalue weighted by molar-refractivity contribution is 5.61. The molecule has 0 fully saturated rings. The average molecular weight is 281 g/mol. The second-order valence-electron chi connectivity index (χ2n) is 5.39. The molecule has 2 heterocycles. The van der Waals surface area contributed by atoms with Crippen LogP contribution in [0.15, 0.2) is 48.9 Å². The minimum atomic E-state index is 0.370. The fourth-order valence-electron chi connectivity index (χ4n) is 2.30. The molecule has 5 heteroatoms. The van der Waals surface area contributed by atoms with Crippen LogP contribution in [0.2, 0.25) is 0 Å². The first kappa shape index (κ1) is 13.4. The molecule has 1 aromatic carbocycles. The molecule has 3 rings (SSSR count). The Bertz CT molecular complexity index is 738. The molecule has 0 aliphatic rings. The Morgan fingerprint density at radius 2 is 2.05 bits per heavy atom. The lowest BCUT2D eigenvalue weighted by atomic mass is 10.2. The largest absolute Gasteiger partial charge is 0.399 e. The van der Waals surface area contributed by atoms with Crippen LogP contribution in [0, 0.1) is 0 Å². The summed E-state index contributed by atoms with van der Waals surface area (Å²) in [5, 5.41) is 4.58. The summed E-state index contributed by atoms with van der Waals surface area (Å²) < 4.78 is 4.05. The van der Waals surface area contributed by atoms with Crippen LogP contribution in [0.1, 0.15) is 25.6 Å². The number of anilines is 1. The molecule has 0 atom stereocenters. The first-order valence-corrected chi connectivity index (χ1v) is 7.04. The molecule has 0 radical (unpaired) electrons. The molecule has 108 valence electrons. The summed E-state index contributed by atoms with van der Waals surface area (Å²) in [6, 6.07) is 10.2. The van der Waals surface area contributed by atoms with Crippen molar-refractivity contribution in [1.82, 2.24) is 19.3 Å². The fourth-order valence-corrected chi connectivity index (χ4v) is 2.30. The summed E-state index contributed by atoms with van der Waals surface area (Å²) >= 11 is 0. The van der Waals surface area contributed by atoms with Crippen LogP contribution in [0.25, 0.3) is 11.4 Å². The Morgan fingerprint density at radius 3 is 2.76 bits per heavy atom. The summed E-state index contributed by atoms with van der Waals surface area (Å²) in [5.74, 6) is 0.904. The molecule has 3 aromatic rings. The van der Waals surface area contributed by atoms with Gasteiger partial charge in [0, 0.05) is 35.9 Å². The van der Waals surface area contributed by atoms with E-state index in [0.29, 0.717) is 12.6 Å². The topological polar surface area (TPSA) is 61.7 Å². The minimum absolute atomic E-state index is 0.370. The number of nitrogens with two attached hydrogens (primary N) is 1. The Balaban J connectivity index is 1.88. The number of aromatic nitrogens is 4. The van der Waals surface area contributed by atoms with Crippen LogP contribution in [-0.4, -0.2) is 19.3 Å². The van der Waals surface area contributed by atoms with Gasteiger partial charge in [-0.15, -0.1) is 0 Å². The Labute approximate surface area is 124 Å². The second-order valence-corrected chi connectivity index (χ2v) is 5.39. The van der Waals surface area contributed by atoms with Crippen molar-refractivity contribution in [3.05, 3.63) is 54.6 Å². The van der Waals surface area contributed by atoms with Crippen LogP contribution in [0.3, 0.4) is 0 Å². The quantitative estimate of drug-likeness (QED) is 0.748. The highest BCUT2D eigenvalue weighted by atomic mass is 15.3. The zero-order chi connectivity index (χ0) is 14.8. The Kier molecular flexibility index (Phi) is 3.48. The van der Waals surface area contributed by atoms with Crippen molar-refractivity contribution in [1.29, 1.82) is 0 Å². The van der Waals surface area contributed by atoms with Crippen LogP contribution < -0.4 is 5.73 Å². The van der Waals surface area contributed by atoms with Crippen molar-refractivity contribution < 1.29 is 0 Å². The predicted molar refractivity (Wildman–Crippen MR) is 83.8 cm³/mol. The van der Waals surface area contributed by atoms with Crippen molar-refractivity contribution in [2.75, 3.05) is 5.73 Å². The Morgan fingerprint density at radius 1 is 1.19 bits per heavy atom. The van der Waals surface area contributed by atoms with Crippen molar-refractivity contribution in [3.63, 3.8) is 0 Å². The summed E-state index contributed by atoms with van der Waals surface area (Å²) in [5.41, 5.74) is 8.63. The highest BCUT2D eigenvalue weighted by Gasteiger charge is 2.09. The first-order chi connectivity index (χ1) is 10.1. The number of rotatable bonds is 4. The van der Waals surface area contributed by atoms with Gasteiger partial charge in [-0.25, -0.2) is 4.98 Å².